The molecule has 8 aromatic carbocycles. The van der Waals surface area contributed by atoms with E-state index >= 15 is 0 Å². The summed E-state index contributed by atoms with van der Waals surface area (Å²) in [5.74, 6) is 1.94. The SMILES string of the molecule is c1ccc(-c2nc(-c3ccccc3)nc(-c3ccc(-c4cccc(-c5cccc6c5nc(-c5ccccc5)c5ccc7ccccc7c56)c4)cc3)n2)cc1. The lowest BCUT2D eigenvalue weighted by Gasteiger charge is -2.15. The molecule has 0 atom stereocenters. The summed E-state index contributed by atoms with van der Waals surface area (Å²) in [6, 6.07) is 67.6. The number of para-hydroxylation sites is 1. The highest BCUT2D eigenvalue weighted by Crippen LogP contribution is 2.40. The van der Waals surface area contributed by atoms with Crippen molar-refractivity contribution < 1.29 is 0 Å². The van der Waals surface area contributed by atoms with Gasteiger partial charge < -0.3 is 0 Å². The van der Waals surface area contributed by atoms with Gasteiger partial charge in [0.2, 0.25) is 0 Å². The summed E-state index contributed by atoms with van der Waals surface area (Å²) in [5, 5.41) is 5.99. The van der Waals surface area contributed by atoms with Gasteiger partial charge in [-0.25, -0.2) is 19.9 Å². The lowest BCUT2D eigenvalue weighted by molar-refractivity contribution is 1.07. The van der Waals surface area contributed by atoms with Crippen LogP contribution in [0.15, 0.2) is 194 Å². The van der Waals surface area contributed by atoms with E-state index in [9.17, 15) is 0 Å². The van der Waals surface area contributed by atoms with Crippen molar-refractivity contribution in [2.24, 2.45) is 0 Å². The normalized spacial score (nSPS) is 11.3. The van der Waals surface area contributed by atoms with Crippen LogP contribution in [0.3, 0.4) is 0 Å². The smallest absolute Gasteiger partial charge is 0.164 e. The third-order valence-corrected chi connectivity index (χ3v) is 10.1. The van der Waals surface area contributed by atoms with Gasteiger partial charge in [-0.05, 0) is 33.5 Å². The van der Waals surface area contributed by atoms with Crippen LogP contribution in [0.5, 0.6) is 0 Å². The van der Waals surface area contributed by atoms with Gasteiger partial charge in [0.1, 0.15) is 0 Å². The molecule has 0 radical (unpaired) electrons. The Bertz CT molecular complexity index is 2900. The summed E-state index contributed by atoms with van der Waals surface area (Å²) < 4.78 is 0. The number of pyridine rings is 1. The molecule has 10 aromatic rings. The Morgan fingerprint density at radius 3 is 1.44 bits per heavy atom. The fourth-order valence-corrected chi connectivity index (χ4v) is 7.46. The standard InChI is InChI=1S/C50H32N4/c1-4-15-35(16-5-1)46-44-31-30-34-14-10-11-23-41(34)45(44)43-25-13-24-42(47(43)51-46)40-22-12-21-39(32-40)33-26-28-38(29-27-33)50-53-48(36-17-6-2-7-18-36)52-49(54-50)37-19-8-3-9-20-37/h1-32H. The molecular formula is C50H32N4. The zero-order valence-electron chi connectivity index (χ0n) is 29.3. The van der Waals surface area contributed by atoms with E-state index in [2.05, 4.69) is 133 Å². The summed E-state index contributed by atoms with van der Waals surface area (Å²) in [7, 11) is 0. The van der Waals surface area contributed by atoms with E-state index in [0.717, 1.165) is 66.5 Å². The topological polar surface area (TPSA) is 51.6 Å². The molecule has 0 saturated heterocycles. The molecule has 2 heterocycles. The number of fused-ring (bicyclic) bond motifs is 5. The highest BCUT2D eigenvalue weighted by atomic mass is 15.0. The van der Waals surface area contributed by atoms with E-state index < -0.39 is 0 Å². The minimum atomic E-state index is 0.638. The molecule has 0 bridgehead atoms. The third kappa shape index (κ3) is 5.67. The van der Waals surface area contributed by atoms with Gasteiger partial charge in [0.15, 0.2) is 17.5 Å². The van der Waals surface area contributed by atoms with Crippen LogP contribution in [0, 0.1) is 0 Å². The molecule has 0 spiro atoms. The van der Waals surface area contributed by atoms with Crippen LogP contribution in [0.4, 0.5) is 0 Å². The van der Waals surface area contributed by atoms with Gasteiger partial charge in [-0.1, -0.05) is 188 Å². The minimum absolute atomic E-state index is 0.638. The molecular weight excluding hydrogens is 657 g/mol. The van der Waals surface area contributed by atoms with Crippen LogP contribution in [0.25, 0.3) is 100 Å². The third-order valence-electron chi connectivity index (χ3n) is 10.1. The summed E-state index contributed by atoms with van der Waals surface area (Å²) in [5.41, 5.74) is 10.4. The van der Waals surface area contributed by atoms with Gasteiger partial charge in [0, 0.05) is 44.0 Å². The molecule has 0 N–H and O–H groups in total. The van der Waals surface area contributed by atoms with Crippen molar-refractivity contribution in [1.82, 2.24) is 19.9 Å². The Labute approximate surface area is 313 Å². The molecule has 2 aromatic heterocycles. The monoisotopic (exact) mass is 688 g/mol. The molecule has 0 aliphatic carbocycles. The molecule has 252 valence electrons. The van der Waals surface area contributed by atoms with Gasteiger partial charge in [0.05, 0.1) is 11.2 Å². The van der Waals surface area contributed by atoms with E-state index in [1.807, 2.05) is 60.7 Å². The lowest BCUT2D eigenvalue weighted by Crippen LogP contribution is -2.00. The minimum Gasteiger partial charge on any atom is -0.246 e. The van der Waals surface area contributed by atoms with E-state index in [1.165, 1.54) is 16.2 Å². The first kappa shape index (κ1) is 31.4. The van der Waals surface area contributed by atoms with Crippen LogP contribution in [-0.2, 0) is 0 Å². The van der Waals surface area contributed by atoms with E-state index in [0.29, 0.717) is 17.5 Å². The van der Waals surface area contributed by atoms with Crippen molar-refractivity contribution in [3.63, 3.8) is 0 Å². The maximum Gasteiger partial charge on any atom is 0.164 e. The largest absolute Gasteiger partial charge is 0.246 e. The molecule has 4 nitrogen and oxygen atoms in total. The molecule has 54 heavy (non-hydrogen) atoms. The van der Waals surface area contributed by atoms with Gasteiger partial charge in [0.25, 0.3) is 0 Å². The maximum absolute atomic E-state index is 5.44. The highest BCUT2D eigenvalue weighted by Gasteiger charge is 2.17. The highest BCUT2D eigenvalue weighted by molar-refractivity contribution is 6.23. The fraction of sp³-hybridized carbons (Fsp3) is 0. The molecule has 0 unspecified atom stereocenters. The van der Waals surface area contributed by atoms with Gasteiger partial charge >= 0.3 is 0 Å². The summed E-state index contributed by atoms with van der Waals surface area (Å²) in [4.78, 5) is 20.1. The van der Waals surface area contributed by atoms with Crippen molar-refractivity contribution in [2.75, 3.05) is 0 Å². The molecule has 10 rings (SSSR count). The summed E-state index contributed by atoms with van der Waals surface area (Å²) in [6.45, 7) is 0. The molecule has 0 amide bonds. The first-order chi connectivity index (χ1) is 26.8. The number of benzene rings is 8. The average molecular weight is 689 g/mol. The molecule has 0 aliphatic heterocycles. The van der Waals surface area contributed by atoms with E-state index in [4.69, 9.17) is 19.9 Å². The maximum atomic E-state index is 5.44. The number of hydrogen-bond acceptors (Lipinski definition) is 4. The Hall–Kier alpha value is -7.30. The fourth-order valence-electron chi connectivity index (χ4n) is 7.46. The Morgan fingerprint density at radius 1 is 0.278 bits per heavy atom. The number of rotatable bonds is 6. The van der Waals surface area contributed by atoms with Crippen LogP contribution in [0.2, 0.25) is 0 Å². The number of hydrogen-bond donors (Lipinski definition) is 0. The molecule has 4 heteroatoms. The summed E-state index contributed by atoms with van der Waals surface area (Å²) in [6.07, 6.45) is 0. The van der Waals surface area contributed by atoms with Gasteiger partial charge in [-0.2, -0.15) is 0 Å². The molecule has 0 fully saturated rings. The Morgan fingerprint density at radius 2 is 0.778 bits per heavy atom. The average Bonchev–Trinajstić information content (AvgIpc) is 3.26. The van der Waals surface area contributed by atoms with Crippen LogP contribution < -0.4 is 0 Å². The Kier molecular flexibility index (Phi) is 7.77. The molecule has 0 aliphatic rings. The number of nitrogens with zero attached hydrogens (tertiary/aromatic N) is 4. The van der Waals surface area contributed by atoms with E-state index in [-0.39, 0.29) is 0 Å². The summed E-state index contributed by atoms with van der Waals surface area (Å²) >= 11 is 0. The predicted molar refractivity (Wildman–Crippen MR) is 223 cm³/mol. The van der Waals surface area contributed by atoms with Crippen LogP contribution in [-0.4, -0.2) is 19.9 Å². The predicted octanol–water partition coefficient (Wildman–Crippen LogP) is 12.7. The van der Waals surface area contributed by atoms with Crippen LogP contribution >= 0.6 is 0 Å². The Balaban J connectivity index is 1.08. The van der Waals surface area contributed by atoms with Crippen molar-refractivity contribution in [3.05, 3.63) is 194 Å². The second kappa shape index (κ2) is 13.4. The first-order valence-corrected chi connectivity index (χ1v) is 18.1. The van der Waals surface area contributed by atoms with Crippen molar-refractivity contribution in [3.8, 4) is 67.7 Å². The van der Waals surface area contributed by atoms with Crippen molar-refractivity contribution in [2.45, 2.75) is 0 Å². The van der Waals surface area contributed by atoms with Crippen molar-refractivity contribution in [1.29, 1.82) is 0 Å². The quantitative estimate of drug-likeness (QED) is 0.163. The zero-order valence-corrected chi connectivity index (χ0v) is 29.3. The number of aromatic nitrogens is 4. The molecule has 0 saturated carbocycles. The lowest BCUT2D eigenvalue weighted by atomic mass is 9.92. The second-order valence-electron chi connectivity index (χ2n) is 13.4. The van der Waals surface area contributed by atoms with Gasteiger partial charge in [-0.15, -0.1) is 0 Å². The first-order valence-electron chi connectivity index (χ1n) is 18.1. The van der Waals surface area contributed by atoms with Crippen LogP contribution in [0.1, 0.15) is 0 Å². The van der Waals surface area contributed by atoms with Gasteiger partial charge in [-0.3, -0.25) is 0 Å². The zero-order chi connectivity index (χ0) is 35.8. The van der Waals surface area contributed by atoms with E-state index in [1.54, 1.807) is 0 Å². The second-order valence-corrected chi connectivity index (χ2v) is 13.4. The van der Waals surface area contributed by atoms with Crippen molar-refractivity contribution >= 4 is 32.4 Å².